The predicted molar refractivity (Wildman–Crippen MR) is 126 cm³/mol. The van der Waals surface area contributed by atoms with Crippen molar-refractivity contribution in [1.29, 1.82) is 0 Å². The van der Waals surface area contributed by atoms with Crippen molar-refractivity contribution >= 4 is 5.91 Å². The first kappa shape index (κ1) is 23.3. The summed E-state index contributed by atoms with van der Waals surface area (Å²) >= 11 is 0. The van der Waals surface area contributed by atoms with E-state index in [-0.39, 0.29) is 18.0 Å². The molecule has 0 radical (unpaired) electrons. The van der Waals surface area contributed by atoms with Gasteiger partial charge in [0.1, 0.15) is 5.75 Å². The molecule has 5 heteroatoms. The molecule has 2 atom stereocenters. The lowest BCUT2D eigenvalue weighted by Gasteiger charge is -2.28. The quantitative estimate of drug-likeness (QED) is 0.664. The molecule has 5 nitrogen and oxygen atoms in total. The Hall–Kier alpha value is -2.37. The largest absolute Gasteiger partial charge is 0.496 e. The summed E-state index contributed by atoms with van der Waals surface area (Å²) < 4.78 is 5.44. The van der Waals surface area contributed by atoms with Crippen LogP contribution in [0.1, 0.15) is 42.5 Å². The zero-order valence-corrected chi connectivity index (χ0v) is 19.6. The van der Waals surface area contributed by atoms with E-state index >= 15 is 0 Å². The van der Waals surface area contributed by atoms with Crippen LogP contribution >= 0.6 is 0 Å². The monoisotopic (exact) mass is 423 g/mol. The fourth-order valence-corrected chi connectivity index (χ4v) is 4.56. The number of methoxy groups -OCH3 is 1. The molecule has 1 heterocycles. The molecule has 0 unspecified atom stereocenters. The van der Waals surface area contributed by atoms with Crippen molar-refractivity contribution in [3.05, 3.63) is 64.7 Å². The Labute approximate surface area is 187 Å². The molecular weight excluding hydrogens is 386 g/mol. The van der Waals surface area contributed by atoms with Crippen molar-refractivity contribution in [3.63, 3.8) is 0 Å². The number of aryl methyl sites for hydroxylation is 2. The second-order valence-corrected chi connectivity index (χ2v) is 8.50. The van der Waals surface area contributed by atoms with Gasteiger partial charge in [0.05, 0.1) is 13.2 Å². The van der Waals surface area contributed by atoms with Gasteiger partial charge in [0.15, 0.2) is 0 Å². The summed E-state index contributed by atoms with van der Waals surface area (Å²) in [6.07, 6.45) is 0.844. The summed E-state index contributed by atoms with van der Waals surface area (Å²) in [6, 6.07) is 15.0. The molecule has 1 aliphatic rings. The van der Waals surface area contributed by atoms with Gasteiger partial charge in [-0.1, -0.05) is 36.4 Å². The minimum Gasteiger partial charge on any atom is -0.496 e. The third kappa shape index (κ3) is 5.66. The highest BCUT2D eigenvalue weighted by Gasteiger charge is 2.38. The number of rotatable bonds is 9. The van der Waals surface area contributed by atoms with Crippen LogP contribution in [-0.2, 0) is 17.9 Å². The molecule has 3 rings (SSSR count). The van der Waals surface area contributed by atoms with Gasteiger partial charge in [-0.2, -0.15) is 0 Å². The molecule has 31 heavy (non-hydrogen) atoms. The first-order valence-corrected chi connectivity index (χ1v) is 11.4. The smallest absolute Gasteiger partial charge is 0.239 e. The van der Waals surface area contributed by atoms with Gasteiger partial charge in [0.2, 0.25) is 5.91 Å². The summed E-state index contributed by atoms with van der Waals surface area (Å²) in [5.41, 5.74) is 4.91. The SMILES string of the molecule is CCN(CC)C(=O)[C@@H]1C[C@@H](NCc2cc(C)c(OC)cc2C)CN1Cc1ccccc1. The lowest BCUT2D eigenvalue weighted by Crippen LogP contribution is -2.45. The van der Waals surface area contributed by atoms with Crippen LogP contribution in [0.25, 0.3) is 0 Å². The van der Waals surface area contributed by atoms with Gasteiger partial charge in [0.25, 0.3) is 0 Å². The van der Waals surface area contributed by atoms with Crippen LogP contribution in [0.3, 0.4) is 0 Å². The number of amides is 1. The van der Waals surface area contributed by atoms with Crippen LogP contribution in [0, 0.1) is 13.8 Å². The van der Waals surface area contributed by atoms with E-state index in [9.17, 15) is 4.79 Å². The van der Waals surface area contributed by atoms with Crippen molar-refractivity contribution in [2.75, 3.05) is 26.7 Å². The maximum absolute atomic E-state index is 13.2. The Kier molecular flexibility index (Phi) is 8.10. The molecule has 1 aliphatic heterocycles. The molecule has 1 fully saturated rings. The highest BCUT2D eigenvalue weighted by Crippen LogP contribution is 2.25. The zero-order chi connectivity index (χ0) is 22.4. The van der Waals surface area contributed by atoms with Gasteiger partial charge in [-0.05, 0) is 62.4 Å². The topological polar surface area (TPSA) is 44.8 Å². The van der Waals surface area contributed by atoms with Gasteiger partial charge in [-0.25, -0.2) is 0 Å². The van der Waals surface area contributed by atoms with E-state index in [4.69, 9.17) is 4.74 Å². The average Bonchev–Trinajstić information content (AvgIpc) is 3.18. The molecule has 1 amide bonds. The Balaban J connectivity index is 1.71. The predicted octanol–water partition coefficient (Wildman–Crippen LogP) is 3.91. The second-order valence-electron chi connectivity index (χ2n) is 8.50. The minimum atomic E-state index is -0.0729. The van der Waals surface area contributed by atoms with Crippen LogP contribution < -0.4 is 10.1 Å². The van der Waals surface area contributed by atoms with Crippen molar-refractivity contribution in [3.8, 4) is 5.75 Å². The number of benzene rings is 2. The maximum atomic E-state index is 13.2. The lowest BCUT2D eigenvalue weighted by molar-refractivity contribution is -0.135. The first-order valence-electron chi connectivity index (χ1n) is 11.4. The Morgan fingerprint density at radius 2 is 1.84 bits per heavy atom. The molecule has 1 saturated heterocycles. The van der Waals surface area contributed by atoms with Gasteiger partial charge >= 0.3 is 0 Å². The molecule has 0 aromatic heterocycles. The van der Waals surface area contributed by atoms with E-state index in [2.05, 4.69) is 74.3 Å². The highest BCUT2D eigenvalue weighted by atomic mass is 16.5. The fourth-order valence-electron chi connectivity index (χ4n) is 4.56. The fraction of sp³-hybridized carbons (Fsp3) is 0.500. The summed E-state index contributed by atoms with van der Waals surface area (Å²) in [5, 5.41) is 3.73. The van der Waals surface area contributed by atoms with Crippen LogP contribution in [-0.4, -0.2) is 54.5 Å². The van der Waals surface area contributed by atoms with Crippen LogP contribution in [0.4, 0.5) is 0 Å². The Bertz CT molecular complexity index is 864. The summed E-state index contributed by atoms with van der Waals surface area (Å²) in [7, 11) is 1.71. The highest BCUT2D eigenvalue weighted by molar-refractivity contribution is 5.82. The number of carbonyl (C=O) groups excluding carboxylic acids is 1. The Morgan fingerprint density at radius 1 is 1.13 bits per heavy atom. The summed E-state index contributed by atoms with van der Waals surface area (Å²) in [6.45, 7) is 12.3. The number of likely N-dealkylation sites (N-methyl/N-ethyl adjacent to an activating group) is 1. The first-order chi connectivity index (χ1) is 15.0. The third-order valence-corrected chi connectivity index (χ3v) is 6.43. The van der Waals surface area contributed by atoms with Crippen LogP contribution in [0.2, 0.25) is 0 Å². The normalized spacial score (nSPS) is 18.9. The van der Waals surface area contributed by atoms with Crippen molar-refractivity contribution in [1.82, 2.24) is 15.1 Å². The van der Waals surface area contributed by atoms with Gasteiger partial charge in [-0.3, -0.25) is 9.69 Å². The molecule has 2 aromatic carbocycles. The van der Waals surface area contributed by atoms with Crippen molar-refractivity contribution in [2.24, 2.45) is 0 Å². The number of hydrogen-bond acceptors (Lipinski definition) is 4. The van der Waals surface area contributed by atoms with Crippen molar-refractivity contribution in [2.45, 2.75) is 59.3 Å². The number of likely N-dealkylation sites (tertiary alicyclic amines) is 1. The number of carbonyl (C=O) groups is 1. The molecular formula is C26H37N3O2. The molecule has 0 spiro atoms. The van der Waals surface area contributed by atoms with E-state index in [0.29, 0.717) is 0 Å². The van der Waals surface area contributed by atoms with E-state index in [1.54, 1.807) is 7.11 Å². The molecule has 0 bridgehead atoms. The van der Waals surface area contributed by atoms with E-state index < -0.39 is 0 Å². The number of ether oxygens (including phenoxy) is 1. The number of nitrogens with one attached hydrogen (secondary N) is 1. The molecule has 0 aliphatic carbocycles. The summed E-state index contributed by atoms with van der Waals surface area (Å²) in [5.74, 6) is 1.18. The number of hydrogen-bond donors (Lipinski definition) is 1. The minimum absolute atomic E-state index is 0.0729. The third-order valence-electron chi connectivity index (χ3n) is 6.43. The van der Waals surface area contributed by atoms with Crippen LogP contribution in [0.5, 0.6) is 5.75 Å². The number of nitrogens with zero attached hydrogens (tertiary/aromatic N) is 2. The Morgan fingerprint density at radius 3 is 2.48 bits per heavy atom. The van der Waals surface area contributed by atoms with Gasteiger partial charge < -0.3 is 15.0 Å². The van der Waals surface area contributed by atoms with Crippen LogP contribution in [0.15, 0.2) is 42.5 Å². The van der Waals surface area contributed by atoms with E-state index in [1.807, 2.05) is 11.0 Å². The van der Waals surface area contributed by atoms with Crippen molar-refractivity contribution < 1.29 is 9.53 Å². The zero-order valence-electron chi connectivity index (χ0n) is 19.6. The summed E-state index contributed by atoms with van der Waals surface area (Å²) in [4.78, 5) is 17.5. The van der Waals surface area contributed by atoms with E-state index in [1.165, 1.54) is 16.7 Å². The molecule has 168 valence electrons. The lowest BCUT2D eigenvalue weighted by atomic mass is 10.0. The van der Waals surface area contributed by atoms with Gasteiger partial charge in [0, 0.05) is 38.8 Å². The standard InChI is InChI=1S/C26H37N3O2/c1-6-28(7-2)26(30)24-15-23(18-29(24)17-21-11-9-8-10-12-21)27-16-22-13-20(4)25(31-5)14-19(22)3/h8-14,23-24,27H,6-7,15-18H2,1-5H3/t23-,24+/m1/s1. The maximum Gasteiger partial charge on any atom is 0.239 e. The van der Waals surface area contributed by atoms with Gasteiger partial charge in [-0.15, -0.1) is 0 Å². The molecule has 0 saturated carbocycles. The average molecular weight is 424 g/mol. The van der Waals surface area contributed by atoms with E-state index in [0.717, 1.165) is 50.5 Å². The molecule has 2 aromatic rings. The molecule has 1 N–H and O–H groups in total. The second kappa shape index (κ2) is 10.8.